The van der Waals surface area contributed by atoms with E-state index in [2.05, 4.69) is 5.32 Å². The molecule has 1 N–H and O–H groups in total. The van der Waals surface area contributed by atoms with E-state index in [9.17, 15) is 9.59 Å². The number of esters is 1. The first-order chi connectivity index (χ1) is 13.2. The summed E-state index contributed by atoms with van der Waals surface area (Å²) in [6.45, 7) is -0.253. The molecule has 0 saturated heterocycles. The van der Waals surface area contributed by atoms with Crippen molar-refractivity contribution in [3.8, 4) is 11.5 Å². The Kier molecular flexibility index (Phi) is 5.10. The molecule has 0 spiro atoms. The number of hydrogen-bond acceptors (Lipinski definition) is 4. The highest BCUT2D eigenvalue weighted by atomic mass is 16.5. The van der Waals surface area contributed by atoms with Gasteiger partial charge in [-0.25, -0.2) is 0 Å². The Hall–Kier alpha value is -2.82. The van der Waals surface area contributed by atoms with Crippen molar-refractivity contribution in [1.29, 1.82) is 0 Å². The van der Waals surface area contributed by atoms with Crippen LogP contribution in [0.5, 0.6) is 11.5 Å². The van der Waals surface area contributed by atoms with E-state index < -0.39 is 0 Å². The number of benzene rings is 2. The number of anilines is 1. The number of amides is 1. The summed E-state index contributed by atoms with van der Waals surface area (Å²) in [7, 11) is 0. The summed E-state index contributed by atoms with van der Waals surface area (Å²) in [6, 6.07) is 16.6. The van der Waals surface area contributed by atoms with Crippen LogP contribution >= 0.6 is 0 Å². The standard InChI is InChI=1S/C22H23NO4/c24-21(14-26-22(25)20-12-15-9-10-16(20)11-15)23-17-5-4-8-19(13-17)27-18-6-2-1-3-7-18/h1-8,13,15-16,20H,9-12,14H2,(H,23,24). The third kappa shape index (κ3) is 4.30. The van der Waals surface area contributed by atoms with Crippen LogP contribution in [0, 0.1) is 17.8 Å². The van der Waals surface area contributed by atoms with Crippen molar-refractivity contribution < 1.29 is 19.1 Å². The maximum absolute atomic E-state index is 12.2. The molecule has 27 heavy (non-hydrogen) atoms. The number of carbonyl (C=O) groups excluding carboxylic acids is 2. The SMILES string of the molecule is O=C(COC(=O)C1CC2CCC1C2)Nc1cccc(Oc2ccccc2)c1. The molecule has 2 fully saturated rings. The predicted octanol–water partition coefficient (Wildman–Crippen LogP) is 4.40. The topological polar surface area (TPSA) is 64.6 Å². The summed E-state index contributed by atoms with van der Waals surface area (Å²) in [6.07, 6.45) is 4.41. The van der Waals surface area contributed by atoms with Gasteiger partial charge in [0.25, 0.3) is 5.91 Å². The molecule has 2 aromatic carbocycles. The van der Waals surface area contributed by atoms with Crippen LogP contribution in [0.1, 0.15) is 25.7 Å². The summed E-state index contributed by atoms with van der Waals surface area (Å²) >= 11 is 0. The highest BCUT2D eigenvalue weighted by molar-refractivity contribution is 5.93. The Labute approximate surface area is 158 Å². The molecule has 0 radical (unpaired) electrons. The third-order valence-corrected chi connectivity index (χ3v) is 5.48. The van der Waals surface area contributed by atoms with E-state index in [1.54, 1.807) is 18.2 Å². The van der Waals surface area contributed by atoms with Crippen molar-refractivity contribution >= 4 is 17.6 Å². The number of rotatable bonds is 6. The van der Waals surface area contributed by atoms with Crippen molar-refractivity contribution in [2.75, 3.05) is 11.9 Å². The molecule has 2 aliphatic carbocycles. The van der Waals surface area contributed by atoms with E-state index in [1.807, 2.05) is 36.4 Å². The second-order valence-corrected chi connectivity index (χ2v) is 7.38. The molecule has 0 heterocycles. The first-order valence-corrected chi connectivity index (χ1v) is 9.47. The summed E-state index contributed by atoms with van der Waals surface area (Å²) in [5.74, 6) is 1.89. The minimum Gasteiger partial charge on any atom is -0.457 e. The molecule has 5 nitrogen and oxygen atoms in total. The average Bonchev–Trinajstić information content (AvgIpc) is 3.31. The van der Waals surface area contributed by atoms with E-state index in [0.29, 0.717) is 23.3 Å². The zero-order valence-electron chi connectivity index (χ0n) is 15.1. The number of hydrogen-bond donors (Lipinski definition) is 1. The van der Waals surface area contributed by atoms with Crippen molar-refractivity contribution in [2.45, 2.75) is 25.7 Å². The minimum absolute atomic E-state index is 0.0147. The van der Waals surface area contributed by atoms with Gasteiger partial charge in [0.1, 0.15) is 11.5 Å². The Morgan fingerprint density at radius 1 is 0.963 bits per heavy atom. The fourth-order valence-corrected chi connectivity index (χ4v) is 4.24. The lowest BCUT2D eigenvalue weighted by molar-refractivity contribution is -0.153. The van der Waals surface area contributed by atoms with Gasteiger partial charge in [-0.15, -0.1) is 0 Å². The average molecular weight is 365 g/mol. The number of carbonyl (C=O) groups is 2. The van der Waals surface area contributed by atoms with Gasteiger partial charge >= 0.3 is 5.97 Å². The smallest absolute Gasteiger partial charge is 0.309 e. The Balaban J connectivity index is 1.28. The second kappa shape index (κ2) is 7.82. The molecule has 2 aliphatic rings. The molecule has 140 valence electrons. The Morgan fingerprint density at radius 3 is 2.52 bits per heavy atom. The molecule has 4 rings (SSSR count). The number of ether oxygens (including phenoxy) is 2. The Bertz CT molecular complexity index is 820. The first kappa shape index (κ1) is 17.6. The fourth-order valence-electron chi connectivity index (χ4n) is 4.24. The van der Waals surface area contributed by atoms with Gasteiger partial charge < -0.3 is 14.8 Å². The van der Waals surface area contributed by atoms with Crippen LogP contribution in [0.2, 0.25) is 0 Å². The van der Waals surface area contributed by atoms with Gasteiger partial charge in [-0.2, -0.15) is 0 Å². The summed E-state index contributed by atoms with van der Waals surface area (Å²) in [5, 5.41) is 2.75. The van der Waals surface area contributed by atoms with E-state index >= 15 is 0 Å². The monoisotopic (exact) mass is 365 g/mol. The van der Waals surface area contributed by atoms with Crippen molar-refractivity contribution in [3.05, 3.63) is 54.6 Å². The quantitative estimate of drug-likeness (QED) is 0.771. The lowest BCUT2D eigenvalue weighted by atomic mass is 9.89. The van der Waals surface area contributed by atoms with Crippen LogP contribution < -0.4 is 10.1 Å². The number of fused-ring (bicyclic) bond motifs is 2. The van der Waals surface area contributed by atoms with Crippen LogP contribution in [-0.4, -0.2) is 18.5 Å². The highest BCUT2D eigenvalue weighted by Crippen LogP contribution is 2.48. The molecular weight excluding hydrogens is 342 g/mol. The summed E-state index contributed by atoms with van der Waals surface area (Å²) in [5.41, 5.74) is 0.601. The van der Waals surface area contributed by atoms with Gasteiger partial charge in [-0.05, 0) is 55.4 Å². The van der Waals surface area contributed by atoms with Crippen LogP contribution in [0.3, 0.4) is 0 Å². The maximum atomic E-state index is 12.2. The fraction of sp³-hybridized carbons (Fsp3) is 0.364. The molecule has 2 aromatic rings. The van der Waals surface area contributed by atoms with Gasteiger partial charge in [0.2, 0.25) is 0 Å². The van der Waals surface area contributed by atoms with E-state index in [0.717, 1.165) is 25.0 Å². The molecule has 3 unspecified atom stereocenters. The van der Waals surface area contributed by atoms with Crippen LogP contribution in [-0.2, 0) is 14.3 Å². The highest BCUT2D eigenvalue weighted by Gasteiger charge is 2.43. The predicted molar refractivity (Wildman–Crippen MR) is 101 cm³/mol. The van der Waals surface area contributed by atoms with Crippen LogP contribution in [0.25, 0.3) is 0 Å². The second-order valence-electron chi connectivity index (χ2n) is 7.38. The summed E-state index contributed by atoms with van der Waals surface area (Å²) < 4.78 is 11.0. The molecule has 3 atom stereocenters. The van der Waals surface area contributed by atoms with Gasteiger partial charge in [-0.1, -0.05) is 30.7 Å². The normalized spacial score (nSPS) is 23.0. The minimum atomic E-state index is -0.344. The first-order valence-electron chi connectivity index (χ1n) is 9.47. The van der Waals surface area contributed by atoms with Crippen LogP contribution in [0.15, 0.2) is 54.6 Å². The molecule has 0 aromatic heterocycles. The lowest BCUT2D eigenvalue weighted by Crippen LogP contribution is -2.27. The number of para-hydroxylation sites is 1. The zero-order valence-corrected chi connectivity index (χ0v) is 15.1. The molecule has 2 bridgehead atoms. The van der Waals surface area contributed by atoms with E-state index in [-0.39, 0.29) is 24.4 Å². The Morgan fingerprint density at radius 2 is 1.78 bits per heavy atom. The van der Waals surface area contributed by atoms with Crippen LogP contribution in [0.4, 0.5) is 5.69 Å². The van der Waals surface area contributed by atoms with Gasteiger partial charge in [-0.3, -0.25) is 9.59 Å². The third-order valence-electron chi connectivity index (χ3n) is 5.48. The molecule has 2 saturated carbocycles. The van der Waals surface area contributed by atoms with Crippen molar-refractivity contribution in [3.63, 3.8) is 0 Å². The van der Waals surface area contributed by atoms with Gasteiger partial charge in [0.15, 0.2) is 6.61 Å². The zero-order chi connectivity index (χ0) is 18.6. The van der Waals surface area contributed by atoms with E-state index in [4.69, 9.17) is 9.47 Å². The maximum Gasteiger partial charge on any atom is 0.309 e. The van der Waals surface area contributed by atoms with Gasteiger partial charge in [0, 0.05) is 11.8 Å². The molecular formula is C22H23NO4. The largest absolute Gasteiger partial charge is 0.457 e. The molecule has 5 heteroatoms. The van der Waals surface area contributed by atoms with Crippen molar-refractivity contribution in [1.82, 2.24) is 0 Å². The molecule has 0 aliphatic heterocycles. The molecule has 1 amide bonds. The van der Waals surface area contributed by atoms with Crippen molar-refractivity contribution in [2.24, 2.45) is 17.8 Å². The summed E-state index contributed by atoms with van der Waals surface area (Å²) in [4.78, 5) is 24.4. The number of nitrogens with one attached hydrogen (secondary N) is 1. The lowest BCUT2D eigenvalue weighted by Gasteiger charge is -2.19. The van der Waals surface area contributed by atoms with E-state index in [1.165, 1.54) is 6.42 Å². The van der Waals surface area contributed by atoms with Gasteiger partial charge in [0.05, 0.1) is 5.92 Å².